The van der Waals surface area contributed by atoms with E-state index >= 15 is 0 Å². The van der Waals surface area contributed by atoms with Gasteiger partial charge in [0.2, 0.25) is 0 Å². The van der Waals surface area contributed by atoms with Crippen molar-refractivity contribution in [3.63, 3.8) is 0 Å². The Labute approximate surface area is 128 Å². The monoisotopic (exact) mass is 391 g/mol. The number of nitrogens with zero attached hydrogens (tertiary/aromatic N) is 2. The zero-order valence-electron chi connectivity index (χ0n) is 10.2. The molecule has 0 atom stereocenters. The smallest absolute Gasteiger partial charge is 0.326 e. The van der Waals surface area contributed by atoms with E-state index < -0.39 is 0 Å². The van der Waals surface area contributed by atoms with E-state index in [1.165, 1.54) is 8.52 Å². The summed E-state index contributed by atoms with van der Waals surface area (Å²) in [6.45, 7) is 1.38. The number of rotatable bonds is 5. The normalized spacial score (nSPS) is 10.8. The van der Waals surface area contributed by atoms with Crippen molar-refractivity contribution < 1.29 is 0 Å². The van der Waals surface area contributed by atoms with Crippen molar-refractivity contribution in [2.24, 2.45) is 5.73 Å². The summed E-state index contributed by atoms with van der Waals surface area (Å²) in [6.07, 6.45) is 0. The van der Waals surface area contributed by atoms with Crippen LogP contribution in [0.15, 0.2) is 33.9 Å². The topological polar surface area (TPSA) is 70.0 Å². The Kier molecular flexibility index (Phi) is 4.94. The van der Waals surface area contributed by atoms with Gasteiger partial charge in [-0.05, 0) is 11.1 Å². The molecule has 0 saturated carbocycles. The molecule has 0 aliphatic rings. The van der Waals surface area contributed by atoms with E-state index in [0.717, 1.165) is 27.1 Å². The number of hydrogen-bond donors (Lipinski definition) is 1. The number of nitrogens with two attached hydrogens (primary N) is 1. The lowest BCUT2D eigenvalue weighted by atomic mass is 10.1. The van der Waals surface area contributed by atoms with Crippen LogP contribution >= 0.6 is 34.1 Å². The van der Waals surface area contributed by atoms with Crippen molar-refractivity contribution in [3.8, 4) is 0 Å². The van der Waals surface area contributed by atoms with E-state index in [0.29, 0.717) is 19.6 Å². The summed E-state index contributed by atoms with van der Waals surface area (Å²) in [6, 6.07) is 7.62. The number of aryl methyl sites for hydroxylation is 1. The second-order valence-corrected chi connectivity index (χ2v) is 6.09. The largest absolute Gasteiger partial charge is 0.341 e. The summed E-state index contributed by atoms with van der Waals surface area (Å²) in [7, 11) is 0. The first-order valence-corrected chi connectivity index (χ1v) is 8.10. The summed E-state index contributed by atoms with van der Waals surface area (Å²) >= 11 is 3.16. The van der Waals surface area contributed by atoms with Gasteiger partial charge in [-0.1, -0.05) is 46.9 Å². The minimum absolute atomic E-state index is 0.210. The molecule has 1 aromatic heterocycles. The molecule has 0 radical (unpaired) electrons. The molecule has 2 N–H and O–H groups in total. The van der Waals surface area contributed by atoms with Crippen molar-refractivity contribution >= 4 is 34.1 Å². The summed E-state index contributed by atoms with van der Waals surface area (Å²) < 4.78 is 3.58. The van der Waals surface area contributed by atoms with Crippen LogP contribution in [0.2, 0.25) is 0 Å². The van der Waals surface area contributed by atoms with Crippen molar-refractivity contribution in [1.29, 1.82) is 0 Å². The van der Waals surface area contributed by atoms with Crippen LogP contribution < -0.4 is 16.3 Å². The lowest BCUT2D eigenvalue weighted by Gasteiger charge is -2.02. The molecule has 0 amide bonds. The number of aromatic nitrogens is 2. The molecule has 7 heteroatoms. The molecule has 2 rings (SSSR count). The van der Waals surface area contributed by atoms with Crippen molar-refractivity contribution in [3.05, 3.63) is 55.5 Å². The van der Waals surface area contributed by atoms with Gasteiger partial charge in [-0.25, -0.2) is 13.3 Å². The Bertz CT molecular complexity index is 657. The number of halogens is 1. The van der Waals surface area contributed by atoms with Crippen molar-refractivity contribution in [1.82, 2.24) is 8.52 Å². The summed E-state index contributed by atoms with van der Waals surface area (Å²) in [4.78, 5) is 23.6. The molecule has 102 valence electrons. The molecule has 0 unspecified atom stereocenters. The fourth-order valence-corrected chi connectivity index (χ4v) is 3.31. The average molecular weight is 391 g/mol. The van der Waals surface area contributed by atoms with Crippen LogP contribution in [0.1, 0.15) is 11.1 Å². The number of benzene rings is 1. The standard InChI is InChI=1S/C12H14IN3O2S/c13-5-6-16-11(17)15(12(18)19-16)8-10-3-1-9(7-14)2-4-10/h1-4H,5-8,14H2. The van der Waals surface area contributed by atoms with Gasteiger partial charge in [-0.2, -0.15) is 0 Å². The maximum atomic E-state index is 12.0. The third kappa shape index (κ3) is 3.34. The van der Waals surface area contributed by atoms with Gasteiger partial charge in [0.05, 0.1) is 6.54 Å². The molecule has 0 saturated heterocycles. The van der Waals surface area contributed by atoms with Gasteiger partial charge < -0.3 is 5.73 Å². The molecule has 0 bridgehead atoms. The molecular formula is C12H14IN3O2S. The fourth-order valence-electron chi connectivity index (χ4n) is 1.71. The third-order valence-corrected chi connectivity index (χ3v) is 4.16. The van der Waals surface area contributed by atoms with Crippen molar-refractivity contribution in [2.45, 2.75) is 19.6 Å². The second-order valence-electron chi connectivity index (χ2n) is 4.04. The van der Waals surface area contributed by atoms with E-state index in [2.05, 4.69) is 22.6 Å². The Morgan fingerprint density at radius 1 is 1.16 bits per heavy atom. The van der Waals surface area contributed by atoms with E-state index in [4.69, 9.17) is 5.73 Å². The molecular weight excluding hydrogens is 377 g/mol. The van der Waals surface area contributed by atoms with Gasteiger partial charge in [-0.15, -0.1) is 0 Å². The molecule has 0 aliphatic carbocycles. The third-order valence-electron chi connectivity index (χ3n) is 2.74. The highest BCUT2D eigenvalue weighted by Crippen LogP contribution is 2.04. The van der Waals surface area contributed by atoms with Crippen LogP contribution in [0.3, 0.4) is 0 Å². The van der Waals surface area contributed by atoms with Gasteiger partial charge in [0.1, 0.15) is 0 Å². The van der Waals surface area contributed by atoms with Crippen LogP contribution in [0.25, 0.3) is 0 Å². The Hall–Kier alpha value is -0.930. The second kappa shape index (κ2) is 6.49. The highest BCUT2D eigenvalue weighted by molar-refractivity contribution is 14.1. The average Bonchev–Trinajstić information content (AvgIpc) is 2.68. The van der Waals surface area contributed by atoms with Crippen molar-refractivity contribution in [2.75, 3.05) is 4.43 Å². The predicted octanol–water partition coefficient (Wildman–Crippen LogP) is 1.01. The van der Waals surface area contributed by atoms with Gasteiger partial charge >= 0.3 is 10.6 Å². The predicted molar refractivity (Wildman–Crippen MR) is 85.2 cm³/mol. The first-order valence-electron chi connectivity index (χ1n) is 5.80. The Morgan fingerprint density at radius 2 is 1.79 bits per heavy atom. The Balaban J connectivity index is 2.27. The van der Waals surface area contributed by atoms with Gasteiger partial charge in [-0.3, -0.25) is 4.79 Å². The van der Waals surface area contributed by atoms with E-state index in [1.807, 2.05) is 24.3 Å². The molecule has 2 aromatic rings. The lowest BCUT2D eigenvalue weighted by Crippen LogP contribution is -2.29. The van der Waals surface area contributed by atoms with E-state index in [-0.39, 0.29) is 10.6 Å². The van der Waals surface area contributed by atoms with Crippen LogP contribution in [0, 0.1) is 0 Å². The molecule has 5 nitrogen and oxygen atoms in total. The van der Waals surface area contributed by atoms with E-state index in [1.54, 1.807) is 0 Å². The number of hydrogen-bond acceptors (Lipinski definition) is 4. The van der Waals surface area contributed by atoms with Gasteiger partial charge in [0.25, 0.3) is 0 Å². The first-order chi connectivity index (χ1) is 9.15. The molecule has 0 fully saturated rings. The minimum Gasteiger partial charge on any atom is -0.326 e. The van der Waals surface area contributed by atoms with Gasteiger partial charge in [0, 0.05) is 29.0 Å². The fraction of sp³-hybridized carbons (Fsp3) is 0.333. The maximum absolute atomic E-state index is 12.0. The Morgan fingerprint density at radius 3 is 2.37 bits per heavy atom. The first kappa shape index (κ1) is 14.5. The quantitative estimate of drug-likeness (QED) is 0.611. The lowest BCUT2D eigenvalue weighted by molar-refractivity contribution is 0.679. The molecule has 1 heterocycles. The number of alkyl halides is 1. The molecule has 1 aromatic carbocycles. The molecule has 19 heavy (non-hydrogen) atoms. The zero-order chi connectivity index (χ0) is 13.8. The SMILES string of the molecule is NCc1ccc(Cn2c(=O)sn(CCI)c2=O)cc1. The zero-order valence-corrected chi connectivity index (χ0v) is 13.2. The summed E-state index contributed by atoms with van der Waals surface area (Å²) in [5.41, 5.74) is 7.26. The summed E-state index contributed by atoms with van der Waals surface area (Å²) in [5.74, 6) is 0. The van der Waals surface area contributed by atoms with Crippen LogP contribution in [0.4, 0.5) is 0 Å². The van der Waals surface area contributed by atoms with Crippen LogP contribution in [-0.4, -0.2) is 13.0 Å². The maximum Gasteiger partial charge on any atom is 0.341 e. The summed E-state index contributed by atoms with van der Waals surface area (Å²) in [5, 5.41) is 0. The van der Waals surface area contributed by atoms with E-state index in [9.17, 15) is 9.59 Å². The minimum atomic E-state index is -0.227. The molecule has 0 aliphatic heterocycles. The molecule has 0 spiro atoms. The highest BCUT2D eigenvalue weighted by Gasteiger charge is 2.09. The van der Waals surface area contributed by atoms with Gasteiger partial charge in [0.15, 0.2) is 0 Å². The highest BCUT2D eigenvalue weighted by atomic mass is 127. The van der Waals surface area contributed by atoms with Crippen LogP contribution in [0.5, 0.6) is 0 Å². The van der Waals surface area contributed by atoms with Crippen LogP contribution in [-0.2, 0) is 19.6 Å².